The smallest absolute Gasteiger partial charge is 0.261 e. The molecular formula is C15H14N2O2S. The summed E-state index contributed by atoms with van der Waals surface area (Å²) in [6.07, 6.45) is 0.269. The lowest BCUT2D eigenvalue weighted by molar-refractivity contribution is 0.601. The van der Waals surface area contributed by atoms with E-state index in [1.807, 2.05) is 19.1 Å². The van der Waals surface area contributed by atoms with Gasteiger partial charge in [-0.25, -0.2) is 8.42 Å². The molecule has 0 amide bonds. The molecule has 20 heavy (non-hydrogen) atoms. The molecule has 2 aromatic rings. The normalized spacial score (nSPS) is 10.8. The van der Waals surface area contributed by atoms with Crippen molar-refractivity contribution in [3.8, 4) is 6.07 Å². The Morgan fingerprint density at radius 2 is 1.85 bits per heavy atom. The van der Waals surface area contributed by atoms with Crippen LogP contribution in [0.3, 0.4) is 0 Å². The molecule has 0 bridgehead atoms. The van der Waals surface area contributed by atoms with Gasteiger partial charge in [0.1, 0.15) is 0 Å². The summed E-state index contributed by atoms with van der Waals surface area (Å²) in [4.78, 5) is 0.181. The van der Waals surface area contributed by atoms with Crippen molar-refractivity contribution in [3.05, 3.63) is 59.7 Å². The van der Waals surface area contributed by atoms with Crippen molar-refractivity contribution in [2.75, 3.05) is 4.72 Å². The molecule has 0 saturated heterocycles. The SMILES string of the molecule is Cc1cccc(NS(=O)(=O)c2ccc(CC#N)cc2)c1. The molecule has 0 unspecified atom stereocenters. The van der Waals surface area contributed by atoms with Crippen molar-refractivity contribution >= 4 is 15.7 Å². The van der Waals surface area contributed by atoms with Crippen LogP contribution in [0.5, 0.6) is 0 Å². The van der Waals surface area contributed by atoms with Crippen molar-refractivity contribution in [3.63, 3.8) is 0 Å². The van der Waals surface area contributed by atoms with Gasteiger partial charge in [0.25, 0.3) is 10.0 Å². The molecule has 2 rings (SSSR count). The van der Waals surface area contributed by atoms with E-state index in [1.54, 1.807) is 30.3 Å². The monoisotopic (exact) mass is 286 g/mol. The second-order valence-corrected chi connectivity index (χ2v) is 6.14. The zero-order valence-electron chi connectivity index (χ0n) is 11.0. The molecule has 0 aromatic heterocycles. The Kier molecular flexibility index (Phi) is 4.06. The maximum Gasteiger partial charge on any atom is 0.261 e. The Morgan fingerprint density at radius 3 is 2.45 bits per heavy atom. The van der Waals surface area contributed by atoms with Crippen molar-refractivity contribution in [2.24, 2.45) is 0 Å². The molecule has 0 aliphatic heterocycles. The number of sulfonamides is 1. The minimum atomic E-state index is -3.59. The van der Waals surface area contributed by atoms with Crippen LogP contribution < -0.4 is 4.72 Å². The van der Waals surface area contributed by atoms with Gasteiger partial charge in [-0.05, 0) is 42.3 Å². The van der Waals surface area contributed by atoms with E-state index in [4.69, 9.17) is 5.26 Å². The van der Waals surface area contributed by atoms with Gasteiger partial charge in [0.05, 0.1) is 17.4 Å². The lowest BCUT2D eigenvalue weighted by Crippen LogP contribution is -2.12. The number of rotatable bonds is 4. The van der Waals surface area contributed by atoms with Gasteiger partial charge in [0.15, 0.2) is 0 Å². The van der Waals surface area contributed by atoms with Crippen LogP contribution in [0.15, 0.2) is 53.4 Å². The average molecular weight is 286 g/mol. The first-order valence-electron chi connectivity index (χ1n) is 6.07. The zero-order valence-corrected chi connectivity index (χ0v) is 11.8. The van der Waals surface area contributed by atoms with Crippen molar-refractivity contribution in [1.82, 2.24) is 0 Å². The van der Waals surface area contributed by atoms with E-state index in [0.29, 0.717) is 5.69 Å². The summed E-state index contributed by atoms with van der Waals surface area (Å²) in [5.74, 6) is 0. The van der Waals surface area contributed by atoms with Gasteiger partial charge in [0.2, 0.25) is 0 Å². The van der Waals surface area contributed by atoms with E-state index in [-0.39, 0.29) is 11.3 Å². The first kappa shape index (κ1) is 14.1. The van der Waals surface area contributed by atoms with E-state index < -0.39 is 10.0 Å². The molecule has 0 spiro atoms. The third-order valence-corrected chi connectivity index (χ3v) is 4.18. The van der Waals surface area contributed by atoms with Crippen molar-refractivity contribution in [2.45, 2.75) is 18.2 Å². The third-order valence-electron chi connectivity index (χ3n) is 2.79. The summed E-state index contributed by atoms with van der Waals surface area (Å²) >= 11 is 0. The van der Waals surface area contributed by atoms with Gasteiger partial charge in [-0.2, -0.15) is 5.26 Å². The zero-order chi connectivity index (χ0) is 14.6. The number of aryl methyl sites for hydroxylation is 1. The Bertz CT molecular complexity index is 744. The third kappa shape index (κ3) is 3.37. The van der Waals surface area contributed by atoms with Crippen LogP contribution >= 0.6 is 0 Å². The number of nitrogens with one attached hydrogen (secondary N) is 1. The van der Waals surface area contributed by atoms with Gasteiger partial charge in [0, 0.05) is 5.69 Å². The topological polar surface area (TPSA) is 70.0 Å². The summed E-state index contributed by atoms with van der Waals surface area (Å²) in [6, 6.07) is 15.5. The number of nitrogens with zero attached hydrogens (tertiary/aromatic N) is 1. The number of nitriles is 1. The quantitative estimate of drug-likeness (QED) is 0.939. The van der Waals surface area contributed by atoms with Crippen LogP contribution in [0, 0.1) is 18.3 Å². The van der Waals surface area contributed by atoms with Crippen LogP contribution in [0.2, 0.25) is 0 Å². The maximum absolute atomic E-state index is 12.2. The molecule has 4 nitrogen and oxygen atoms in total. The van der Waals surface area contributed by atoms with E-state index in [1.165, 1.54) is 12.1 Å². The molecule has 102 valence electrons. The number of hydrogen-bond acceptors (Lipinski definition) is 3. The van der Waals surface area contributed by atoms with Gasteiger partial charge in [-0.1, -0.05) is 24.3 Å². The van der Waals surface area contributed by atoms with Crippen LogP contribution in [0.25, 0.3) is 0 Å². The van der Waals surface area contributed by atoms with Gasteiger partial charge in [-0.3, -0.25) is 4.72 Å². The maximum atomic E-state index is 12.2. The van der Waals surface area contributed by atoms with Crippen molar-refractivity contribution in [1.29, 1.82) is 5.26 Å². The van der Waals surface area contributed by atoms with Gasteiger partial charge >= 0.3 is 0 Å². The van der Waals surface area contributed by atoms with E-state index >= 15 is 0 Å². The molecule has 0 radical (unpaired) electrons. The molecular weight excluding hydrogens is 272 g/mol. The van der Waals surface area contributed by atoms with Crippen LogP contribution in [-0.4, -0.2) is 8.42 Å². The summed E-state index contributed by atoms with van der Waals surface area (Å²) in [6.45, 7) is 1.90. The Labute approximate surface area is 118 Å². The largest absolute Gasteiger partial charge is 0.280 e. The first-order chi connectivity index (χ1) is 9.51. The Hall–Kier alpha value is -2.32. The van der Waals surface area contributed by atoms with Crippen LogP contribution in [-0.2, 0) is 16.4 Å². The fourth-order valence-electron chi connectivity index (χ4n) is 1.80. The van der Waals surface area contributed by atoms with E-state index in [2.05, 4.69) is 4.72 Å². The van der Waals surface area contributed by atoms with Crippen LogP contribution in [0.4, 0.5) is 5.69 Å². The first-order valence-corrected chi connectivity index (χ1v) is 7.55. The second kappa shape index (κ2) is 5.76. The summed E-state index contributed by atoms with van der Waals surface area (Å²) in [5, 5.41) is 8.59. The standard InChI is InChI=1S/C15H14N2O2S/c1-12-3-2-4-14(11-12)17-20(18,19)15-7-5-13(6-8-15)9-10-16/h2-8,11,17H,9H2,1H3. The molecule has 2 aromatic carbocycles. The fraction of sp³-hybridized carbons (Fsp3) is 0.133. The lowest BCUT2D eigenvalue weighted by Gasteiger charge is -2.09. The molecule has 0 aliphatic rings. The van der Waals surface area contributed by atoms with Gasteiger partial charge < -0.3 is 0 Å². The Balaban J connectivity index is 2.24. The van der Waals surface area contributed by atoms with Crippen molar-refractivity contribution < 1.29 is 8.42 Å². The van der Waals surface area contributed by atoms with E-state index in [9.17, 15) is 8.42 Å². The fourth-order valence-corrected chi connectivity index (χ4v) is 2.85. The molecule has 0 saturated carbocycles. The number of anilines is 1. The Morgan fingerprint density at radius 1 is 1.15 bits per heavy atom. The van der Waals surface area contributed by atoms with Gasteiger partial charge in [-0.15, -0.1) is 0 Å². The molecule has 0 atom stereocenters. The highest BCUT2D eigenvalue weighted by molar-refractivity contribution is 7.92. The summed E-state index contributed by atoms with van der Waals surface area (Å²) < 4.78 is 26.9. The summed E-state index contributed by atoms with van der Waals surface area (Å²) in [5.41, 5.74) is 2.31. The number of hydrogen-bond donors (Lipinski definition) is 1. The molecule has 1 N–H and O–H groups in total. The highest BCUT2D eigenvalue weighted by Crippen LogP contribution is 2.17. The molecule has 0 aliphatic carbocycles. The average Bonchev–Trinajstić information content (AvgIpc) is 2.39. The predicted molar refractivity (Wildman–Crippen MR) is 77.7 cm³/mol. The highest BCUT2D eigenvalue weighted by atomic mass is 32.2. The minimum absolute atomic E-state index is 0.181. The number of benzene rings is 2. The second-order valence-electron chi connectivity index (χ2n) is 4.45. The lowest BCUT2D eigenvalue weighted by atomic mass is 10.2. The molecule has 0 heterocycles. The highest BCUT2D eigenvalue weighted by Gasteiger charge is 2.13. The molecule has 5 heteroatoms. The summed E-state index contributed by atoms with van der Waals surface area (Å²) in [7, 11) is -3.59. The van der Waals surface area contributed by atoms with Crippen LogP contribution in [0.1, 0.15) is 11.1 Å². The minimum Gasteiger partial charge on any atom is -0.280 e. The molecule has 0 fully saturated rings. The predicted octanol–water partition coefficient (Wildman–Crippen LogP) is 2.86. The van der Waals surface area contributed by atoms with E-state index in [0.717, 1.165) is 11.1 Å².